The SMILES string of the molecule is c1ccc2c(c1)-c1cccc3c1c-2cc1c3c2cc(-c3ccc4oc5ccccc5c4c3)ccc2n1-c1nc(-c2ccc3ccccc3c2)nc(-c2ccc3ccccc3c2)n1. The predicted molar refractivity (Wildman–Crippen MR) is 255 cm³/mol. The van der Waals surface area contributed by atoms with Gasteiger partial charge in [-0.15, -0.1) is 0 Å². The highest BCUT2D eigenvalue weighted by atomic mass is 16.3. The van der Waals surface area contributed by atoms with Gasteiger partial charge >= 0.3 is 0 Å². The van der Waals surface area contributed by atoms with Gasteiger partial charge in [-0.1, -0.05) is 146 Å². The van der Waals surface area contributed by atoms with E-state index in [1.165, 1.54) is 49.2 Å². The van der Waals surface area contributed by atoms with E-state index in [0.29, 0.717) is 17.6 Å². The fraction of sp³-hybridized carbons (Fsp3) is 0. The molecule has 10 aromatic carbocycles. The Labute approximate surface area is 354 Å². The number of rotatable bonds is 4. The number of aromatic nitrogens is 4. The zero-order valence-electron chi connectivity index (χ0n) is 33.2. The average Bonchev–Trinajstić information content (AvgIpc) is 3.99. The van der Waals surface area contributed by atoms with Gasteiger partial charge in [0.2, 0.25) is 5.95 Å². The molecule has 0 bridgehead atoms. The Bertz CT molecular complexity index is 3960. The third-order valence-electron chi connectivity index (χ3n) is 12.9. The summed E-state index contributed by atoms with van der Waals surface area (Å²) in [5.41, 5.74) is 13.0. The van der Waals surface area contributed by atoms with Crippen molar-refractivity contribution in [3.63, 3.8) is 0 Å². The van der Waals surface area contributed by atoms with Gasteiger partial charge in [-0.2, -0.15) is 9.97 Å². The lowest BCUT2D eigenvalue weighted by atomic mass is 9.96. The van der Waals surface area contributed by atoms with Gasteiger partial charge in [0.1, 0.15) is 11.2 Å². The number of furan rings is 1. The molecular formula is C57H32N4O. The highest BCUT2D eigenvalue weighted by molar-refractivity contribution is 6.29. The fourth-order valence-corrected chi connectivity index (χ4v) is 10.1. The van der Waals surface area contributed by atoms with Crippen LogP contribution < -0.4 is 0 Å². The molecule has 0 aliphatic heterocycles. The van der Waals surface area contributed by atoms with Gasteiger partial charge < -0.3 is 4.42 Å². The van der Waals surface area contributed by atoms with Crippen molar-refractivity contribution >= 4 is 76.1 Å². The summed E-state index contributed by atoms with van der Waals surface area (Å²) in [7, 11) is 0. The molecule has 0 atom stereocenters. The van der Waals surface area contributed by atoms with E-state index >= 15 is 0 Å². The van der Waals surface area contributed by atoms with E-state index in [-0.39, 0.29) is 0 Å². The van der Waals surface area contributed by atoms with Crippen LogP contribution >= 0.6 is 0 Å². The number of benzene rings is 10. The number of hydrogen-bond donors (Lipinski definition) is 0. The molecule has 13 aromatic rings. The maximum atomic E-state index is 6.23. The molecule has 14 rings (SSSR count). The van der Waals surface area contributed by atoms with Crippen LogP contribution in [0.15, 0.2) is 199 Å². The third kappa shape index (κ3) is 4.82. The zero-order chi connectivity index (χ0) is 40.5. The maximum Gasteiger partial charge on any atom is 0.238 e. The van der Waals surface area contributed by atoms with Crippen LogP contribution in [0.5, 0.6) is 0 Å². The molecule has 0 saturated heterocycles. The van der Waals surface area contributed by atoms with Gasteiger partial charge in [-0.05, 0) is 114 Å². The molecule has 5 heteroatoms. The van der Waals surface area contributed by atoms with E-state index in [1.807, 2.05) is 12.1 Å². The van der Waals surface area contributed by atoms with Gasteiger partial charge in [-0.3, -0.25) is 4.57 Å². The average molecular weight is 789 g/mol. The van der Waals surface area contributed by atoms with Crippen molar-refractivity contribution in [1.29, 1.82) is 0 Å². The summed E-state index contributed by atoms with van der Waals surface area (Å²) in [4.78, 5) is 16.0. The van der Waals surface area contributed by atoms with E-state index in [0.717, 1.165) is 71.4 Å². The van der Waals surface area contributed by atoms with Crippen LogP contribution in [0.4, 0.5) is 0 Å². The Hall–Kier alpha value is -8.41. The van der Waals surface area contributed by atoms with Crippen LogP contribution in [0.1, 0.15) is 0 Å². The zero-order valence-corrected chi connectivity index (χ0v) is 33.2. The number of hydrogen-bond acceptors (Lipinski definition) is 4. The molecule has 0 fully saturated rings. The van der Waals surface area contributed by atoms with Crippen molar-refractivity contribution in [2.75, 3.05) is 0 Å². The first kappa shape index (κ1) is 33.4. The Morgan fingerprint density at radius 2 is 0.887 bits per heavy atom. The highest BCUT2D eigenvalue weighted by Crippen LogP contribution is 2.51. The molecule has 0 amide bonds. The summed E-state index contributed by atoms with van der Waals surface area (Å²) >= 11 is 0. The highest BCUT2D eigenvalue weighted by Gasteiger charge is 2.27. The lowest BCUT2D eigenvalue weighted by Crippen LogP contribution is -2.06. The molecule has 0 saturated carbocycles. The lowest BCUT2D eigenvalue weighted by Gasteiger charge is -2.12. The minimum absolute atomic E-state index is 0.569. The Kier molecular flexibility index (Phi) is 6.77. The quantitative estimate of drug-likeness (QED) is 0.178. The standard InChI is InChI=1S/C57H32N4O/c1-3-12-35-28-39(22-20-33(35)10-1)55-58-56(40-23-21-34-11-2-4-13-36(34)29-40)60-57(59-55)61-49-26-24-37(38-25-27-52-46(30-38)43-16-7-8-19-51(43)62-52)31-48(49)54-45-18-9-17-44-41-14-5-6-15-42(41)47(53(44)45)32-50(54)61/h1-32H. The summed E-state index contributed by atoms with van der Waals surface area (Å²) in [5.74, 6) is 1.81. The van der Waals surface area contributed by atoms with Gasteiger partial charge in [0.15, 0.2) is 11.6 Å². The van der Waals surface area contributed by atoms with Crippen molar-refractivity contribution in [3.8, 4) is 62.1 Å². The summed E-state index contributed by atoms with van der Waals surface area (Å²) in [6.07, 6.45) is 0. The van der Waals surface area contributed by atoms with Crippen molar-refractivity contribution < 1.29 is 4.42 Å². The molecular weight excluding hydrogens is 757 g/mol. The van der Waals surface area contributed by atoms with E-state index in [4.69, 9.17) is 19.4 Å². The third-order valence-corrected chi connectivity index (χ3v) is 12.9. The van der Waals surface area contributed by atoms with Crippen LogP contribution in [-0.2, 0) is 0 Å². The summed E-state index contributed by atoms with van der Waals surface area (Å²) in [6, 6.07) is 69.3. The molecule has 0 spiro atoms. The Balaban J connectivity index is 1.08. The first-order chi connectivity index (χ1) is 30.7. The van der Waals surface area contributed by atoms with Gasteiger partial charge in [-0.25, -0.2) is 4.98 Å². The van der Waals surface area contributed by atoms with Crippen LogP contribution in [0, 0.1) is 0 Å². The van der Waals surface area contributed by atoms with Crippen LogP contribution in [0.25, 0.3) is 138 Å². The molecule has 62 heavy (non-hydrogen) atoms. The molecule has 0 N–H and O–H groups in total. The van der Waals surface area contributed by atoms with Gasteiger partial charge in [0.05, 0.1) is 11.0 Å². The Morgan fingerprint density at radius 1 is 0.323 bits per heavy atom. The molecule has 0 radical (unpaired) electrons. The minimum Gasteiger partial charge on any atom is -0.456 e. The van der Waals surface area contributed by atoms with Gasteiger partial charge in [0, 0.05) is 32.7 Å². The second kappa shape index (κ2) is 12.6. The monoisotopic (exact) mass is 788 g/mol. The first-order valence-corrected chi connectivity index (χ1v) is 21.0. The topological polar surface area (TPSA) is 56.7 Å². The number of nitrogens with zero attached hydrogens (tertiary/aromatic N) is 4. The van der Waals surface area contributed by atoms with Crippen LogP contribution in [0.3, 0.4) is 0 Å². The first-order valence-electron chi connectivity index (χ1n) is 21.0. The normalized spacial score (nSPS) is 12.2. The molecule has 1 aliphatic rings. The summed E-state index contributed by atoms with van der Waals surface area (Å²) in [6.45, 7) is 0. The molecule has 1 aliphatic carbocycles. The summed E-state index contributed by atoms with van der Waals surface area (Å²) in [5, 5.41) is 11.6. The van der Waals surface area contributed by atoms with E-state index in [1.54, 1.807) is 0 Å². The number of para-hydroxylation sites is 1. The van der Waals surface area contributed by atoms with Crippen molar-refractivity contribution in [2.45, 2.75) is 0 Å². The second-order valence-corrected chi connectivity index (χ2v) is 16.4. The Morgan fingerprint density at radius 3 is 1.63 bits per heavy atom. The fourth-order valence-electron chi connectivity index (χ4n) is 10.1. The van der Waals surface area contributed by atoms with E-state index in [9.17, 15) is 0 Å². The van der Waals surface area contributed by atoms with E-state index in [2.05, 4.69) is 187 Å². The van der Waals surface area contributed by atoms with Crippen LogP contribution in [-0.4, -0.2) is 19.5 Å². The minimum atomic E-state index is 0.569. The van der Waals surface area contributed by atoms with Crippen molar-refractivity contribution in [2.24, 2.45) is 0 Å². The van der Waals surface area contributed by atoms with Crippen LogP contribution in [0.2, 0.25) is 0 Å². The number of fused-ring (bicyclic) bond motifs is 12. The van der Waals surface area contributed by atoms with Crippen molar-refractivity contribution in [3.05, 3.63) is 194 Å². The molecule has 3 aromatic heterocycles. The molecule has 5 nitrogen and oxygen atoms in total. The largest absolute Gasteiger partial charge is 0.456 e. The predicted octanol–water partition coefficient (Wildman–Crippen LogP) is 15.0. The molecule has 3 heterocycles. The maximum absolute atomic E-state index is 6.23. The van der Waals surface area contributed by atoms with Crippen molar-refractivity contribution in [1.82, 2.24) is 19.5 Å². The second-order valence-electron chi connectivity index (χ2n) is 16.4. The van der Waals surface area contributed by atoms with Gasteiger partial charge in [0.25, 0.3) is 0 Å². The molecule has 286 valence electrons. The smallest absolute Gasteiger partial charge is 0.238 e. The molecule has 0 unspecified atom stereocenters. The summed E-state index contributed by atoms with van der Waals surface area (Å²) < 4.78 is 8.50. The lowest BCUT2D eigenvalue weighted by molar-refractivity contribution is 0.669. The van der Waals surface area contributed by atoms with E-state index < -0.39 is 0 Å².